The number of aromatic nitrogens is 3. The molecule has 1 aromatic carbocycles. The van der Waals surface area contributed by atoms with Gasteiger partial charge in [0.25, 0.3) is 0 Å². The molecule has 7 nitrogen and oxygen atoms in total. The van der Waals surface area contributed by atoms with Gasteiger partial charge < -0.3 is 15.8 Å². The number of carbonyl (C=O) groups excluding carboxylic acids is 1. The van der Waals surface area contributed by atoms with E-state index in [9.17, 15) is 4.79 Å². The molecule has 3 rings (SSSR count). The number of nitrogens with two attached hydrogens (primary N) is 1. The highest BCUT2D eigenvalue weighted by Crippen LogP contribution is 2.38. The topological polar surface area (TPSA) is 95.1 Å². The standard InChI is InChI=1S/C17H21N5O2/c1-3-4-9-24-13-8-6-5-7-12(13)15-14(16(18)23)11(2)21-17-19-10-20-22(15)17/h5-8,10,15H,3-4,9H2,1-2H3,(H2,18,23)(H,19,20,21). The second-order valence-electron chi connectivity index (χ2n) is 5.70. The smallest absolute Gasteiger partial charge is 0.248 e. The van der Waals surface area contributed by atoms with Crippen molar-refractivity contribution in [3.63, 3.8) is 0 Å². The molecule has 1 aliphatic rings. The van der Waals surface area contributed by atoms with Gasteiger partial charge in [0, 0.05) is 11.3 Å². The van der Waals surface area contributed by atoms with Gasteiger partial charge in [-0.05, 0) is 19.4 Å². The first-order valence-electron chi connectivity index (χ1n) is 8.02. The van der Waals surface area contributed by atoms with E-state index in [1.165, 1.54) is 6.33 Å². The number of carbonyl (C=O) groups is 1. The number of para-hydroxylation sites is 1. The van der Waals surface area contributed by atoms with Crippen LogP contribution in [0.4, 0.5) is 5.95 Å². The zero-order chi connectivity index (χ0) is 17.1. The van der Waals surface area contributed by atoms with Gasteiger partial charge in [-0.25, -0.2) is 4.68 Å². The number of amides is 1. The third-order valence-electron chi connectivity index (χ3n) is 4.03. The first-order chi connectivity index (χ1) is 11.6. The van der Waals surface area contributed by atoms with Gasteiger partial charge >= 0.3 is 0 Å². The lowest BCUT2D eigenvalue weighted by Crippen LogP contribution is -2.32. The Labute approximate surface area is 140 Å². The fourth-order valence-electron chi connectivity index (χ4n) is 2.86. The monoisotopic (exact) mass is 327 g/mol. The number of nitrogens with one attached hydrogen (secondary N) is 1. The van der Waals surface area contributed by atoms with Crippen LogP contribution in [-0.2, 0) is 4.79 Å². The Balaban J connectivity index is 2.08. The Morgan fingerprint density at radius 2 is 2.21 bits per heavy atom. The summed E-state index contributed by atoms with van der Waals surface area (Å²) in [5.74, 6) is 0.811. The van der Waals surface area contributed by atoms with Crippen molar-refractivity contribution in [3.8, 4) is 5.75 Å². The normalized spacial score (nSPS) is 16.5. The zero-order valence-electron chi connectivity index (χ0n) is 13.8. The number of allylic oxidation sites excluding steroid dienone is 1. The van der Waals surface area contributed by atoms with Crippen LogP contribution in [0.25, 0.3) is 0 Å². The first kappa shape index (κ1) is 16.0. The van der Waals surface area contributed by atoms with Crippen molar-refractivity contribution >= 4 is 11.9 Å². The quantitative estimate of drug-likeness (QED) is 0.793. The summed E-state index contributed by atoms with van der Waals surface area (Å²) in [6.07, 6.45) is 3.47. The predicted octanol–water partition coefficient (Wildman–Crippen LogP) is 2.23. The van der Waals surface area contributed by atoms with Crippen molar-refractivity contribution < 1.29 is 9.53 Å². The second-order valence-corrected chi connectivity index (χ2v) is 5.70. The predicted molar refractivity (Wildman–Crippen MR) is 90.5 cm³/mol. The van der Waals surface area contributed by atoms with Crippen LogP contribution in [0.1, 0.15) is 38.3 Å². The fourth-order valence-corrected chi connectivity index (χ4v) is 2.86. The summed E-state index contributed by atoms with van der Waals surface area (Å²) in [6.45, 7) is 4.55. The summed E-state index contributed by atoms with van der Waals surface area (Å²) >= 11 is 0. The SMILES string of the molecule is CCCCOc1ccccc1C1C(C(N)=O)=C(C)Nc2ncnn21. The molecule has 2 aromatic rings. The van der Waals surface area contributed by atoms with Gasteiger partial charge in [-0.1, -0.05) is 31.5 Å². The highest BCUT2D eigenvalue weighted by atomic mass is 16.5. The van der Waals surface area contributed by atoms with Crippen LogP contribution in [0.5, 0.6) is 5.75 Å². The van der Waals surface area contributed by atoms with Crippen molar-refractivity contribution in [1.29, 1.82) is 0 Å². The Hall–Kier alpha value is -2.83. The molecule has 0 saturated carbocycles. The number of primary amides is 1. The molecule has 24 heavy (non-hydrogen) atoms. The van der Waals surface area contributed by atoms with E-state index >= 15 is 0 Å². The molecule has 0 spiro atoms. The van der Waals surface area contributed by atoms with Crippen LogP contribution in [0.15, 0.2) is 41.9 Å². The number of nitrogens with zero attached hydrogens (tertiary/aromatic N) is 3. The van der Waals surface area contributed by atoms with E-state index in [2.05, 4.69) is 22.3 Å². The maximum Gasteiger partial charge on any atom is 0.248 e. The van der Waals surface area contributed by atoms with Crippen LogP contribution in [-0.4, -0.2) is 27.3 Å². The molecule has 2 heterocycles. The van der Waals surface area contributed by atoms with E-state index in [-0.39, 0.29) is 0 Å². The van der Waals surface area contributed by atoms with E-state index < -0.39 is 11.9 Å². The Bertz CT molecular complexity index is 781. The lowest BCUT2D eigenvalue weighted by Gasteiger charge is -2.28. The average Bonchev–Trinajstić information content (AvgIpc) is 3.02. The lowest BCUT2D eigenvalue weighted by molar-refractivity contribution is -0.115. The molecule has 1 aliphatic heterocycles. The number of hydrogen-bond donors (Lipinski definition) is 2. The molecule has 1 unspecified atom stereocenters. The van der Waals surface area contributed by atoms with Crippen molar-refractivity contribution in [2.45, 2.75) is 32.7 Å². The van der Waals surface area contributed by atoms with Gasteiger partial charge in [-0.15, -0.1) is 0 Å². The van der Waals surface area contributed by atoms with Crippen LogP contribution in [0, 0.1) is 0 Å². The molecule has 126 valence electrons. The molecule has 0 fully saturated rings. The summed E-state index contributed by atoms with van der Waals surface area (Å²) < 4.78 is 7.59. The summed E-state index contributed by atoms with van der Waals surface area (Å²) in [5.41, 5.74) is 7.62. The van der Waals surface area contributed by atoms with E-state index in [0.717, 1.165) is 24.2 Å². The van der Waals surface area contributed by atoms with Gasteiger partial charge in [0.15, 0.2) is 0 Å². The van der Waals surface area contributed by atoms with E-state index in [1.54, 1.807) is 4.68 Å². The maximum atomic E-state index is 12.1. The number of fused-ring (bicyclic) bond motifs is 1. The third kappa shape index (κ3) is 2.84. The first-order valence-corrected chi connectivity index (χ1v) is 8.02. The van der Waals surface area contributed by atoms with Gasteiger partial charge in [0.05, 0.1) is 12.2 Å². The van der Waals surface area contributed by atoms with E-state index in [0.29, 0.717) is 23.8 Å². The molecule has 0 bridgehead atoms. The number of ether oxygens (including phenoxy) is 1. The highest BCUT2D eigenvalue weighted by molar-refractivity contribution is 5.95. The van der Waals surface area contributed by atoms with E-state index in [1.807, 2.05) is 31.2 Å². The molecular weight excluding hydrogens is 306 g/mol. The summed E-state index contributed by atoms with van der Waals surface area (Å²) in [5, 5.41) is 7.33. The van der Waals surface area contributed by atoms with Crippen molar-refractivity contribution in [2.75, 3.05) is 11.9 Å². The minimum Gasteiger partial charge on any atom is -0.493 e. The minimum absolute atomic E-state index is 0.458. The molecule has 7 heteroatoms. The van der Waals surface area contributed by atoms with Gasteiger partial charge in [0.2, 0.25) is 11.9 Å². The van der Waals surface area contributed by atoms with Crippen LogP contribution in [0.3, 0.4) is 0 Å². The summed E-state index contributed by atoms with van der Waals surface area (Å²) in [4.78, 5) is 16.3. The van der Waals surface area contributed by atoms with Crippen LogP contribution >= 0.6 is 0 Å². The van der Waals surface area contributed by atoms with Crippen LogP contribution < -0.4 is 15.8 Å². The van der Waals surface area contributed by atoms with Crippen molar-refractivity contribution in [1.82, 2.24) is 14.8 Å². The minimum atomic E-state index is -0.491. The van der Waals surface area contributed by atoms with Crippen molar-refractivity contribution in [2.24, 2.45) is 5.73 Å². The van der Waals surface area contributed by atoms with Gasteiger partial charge in [-0.3, -0.25) is 4.79 Å². The molecule has 0 radical (unpaired) electrons. The molecule has 1 atom stereocenters. The van der Waals surface area contributed by atoms with Gasteiger partial charge in [0.1, 0.15) is 18.1 Å². The van der Waals surface area contributed by atoms with Gasteiger partial charge in [-0.2, -0.15) is 10.1 Å². The fraction of sp³-hybridized carbons (Fsp3) is 0.353. The lowest BCUT2D eigenvalue weighted by atomic mass is 9.94. The number of benzene rings is 1. The Morgan fingerprint density at radius 3 is 2.96 bits per heavy atom. The Kier molecular flexibility index (Phi) is 4.50. The molecular formula is C17H21N5O2. The number of unbranched alkanes of at least 4 members (excludes halogenated alkanes) is 1. The summed E-state index contributed by atoms with van der Waals surface area (Å²) in [7, 11) is 0. The zero-order valence-corrected chi connectivity index (χ0v) is 13.8. The second kappa shape index (κ2) is 6.74. The maximum absolute atomic E-state index is 12.1. The average molecular weight is 327 g/mol. The molecule has 1 aromatic heterocycles. The highest BCUT2D eigenvalue weighted by Gasteiger charge is 2.33. The number of hydrogen-bond acceptors (Lipinski definition) is 5. The number of anilines is 1. The molecule has 3 N–H and O–H groups in total. The molecule has 0 aliphatic carbocycles. The van der Waals surface area contributed by atoms with Crippen LogP contribution in [0.2, 0.25) is 0 Å². The Morgan fingerprint density at radius 1 is 1.42 bits per heavy atom. The largest absolute Gasteiger partial charge is 0.493 e. The third-order valence-corrected chi connectivity index (χ3v) is 4.03. The molecule has 0 saturated heterocycles. The summed E-state index contributed by atoms with van der Waals surface area (Å²) in [6, 6.07) is 7.19. The number of rotatable bonds is 6. The van der Waals surface area contributed by atoms with Crippen molar-refractivity contribution in [3.05, 3.63) is 47.4 Å². The van der Waals surface area contributed by atoms with E-state index in [4.69, 9.17) is 10.5 Å². The molecule has 1 amide bonds.